The van der Waals surface area contributed by atoms with Crippen LogP contribution in [0.3, 0.4) is 0 Å². The van der Waals surface area contributed by atoms with Gasteiger partial charge < -0.3 is 10.3 Å². The van der Waals surface area contributed by atoms with Crippen LogP contribution in [0.25, 0.3) is 11.3 Å². The number of halogens is 1. The second-order valence-corrected chi connectivity index (χ2v) is 7.54. The van der Waals surface area contributed by atoms with Crippen LogP contribution in [0.4, 0.5) is 0 Å². The Bertz CT molecular complexity index is 835. The van der Waals surface area contributed by atoms with Gasteiger partial charge in [-0.3, -0.25) is 4.79 Å². The average Bonchev–Trinajstić information content (AvgIpc) is 3.07. The highest BCUT2D eigenvalue weighted by atomic mass is 35.5. The van der Waals surface area contributed by atoms with Crippen LogP contribution in [0.1, 0.15) is 36.4 Å². The van der Waals surface area contributed by atoms with Crippen LogP contribution in [0.2, 0.25) is 5.02 Å². The summed E-state index contributed by atoms with van der Waals surface area (Å²) in [7, 11) is 0. The van der Waals surface area contributed by atoms with E-state index in [-0.39, 0.29) is 5.91 Å². The molecule has 1 aliphatic heterocycles. The quantitative estimate of drug-likeness (QED) is 0.894. The van der Waals surface area contributed by atoms with E-state index in [0.29, 0.717) is 39.2 Å². The zero-order valence-electron chi connectivity index (χ0n) is 13.5. The van der Waals surface area contributed by atoms with Gasteiger partial charge in [0.1, 0.15) is 21.9 Å². The third-order valence-electron chi connectivity index (χ3n) is 4.02. The molecule has 0 fully saturated rings. The standard InChI is InChI=1S/C16H17ClN4O2S/c1-4-16(3)21(19-15(18)24-16)14(22)12-9(2)23-20-13(12)10-7-5-6-8-11(10)17/h5-8H,4H2,1-3H3,(H2,18,19)/t16-/m0/s1. The minimum Gasteiger partial charge on any atom is -0.377 e. The molecule has 1 aromatic carbocycles. The number of amides is 1. The minimum absolute atomic E-state index is 0.305. The number of benzene rings is 1. The number of rotatable bonds is 3. The van der Waals surface area contributed by atoms with Gasteiger partial charge in [-0.05, 0) is 26.3 Å². The maximum Gasteiger partial charge on any atom is 0.281 e. The van der Waals surface area contributed by atoms with Crippen LogP contribution < -0.4 is 5.73 Å². The molecule has 2 N–H and O–H groups in total. The number of nitrogens with two attached hydrogens (primary N) is 1. The van der Waals surface area contributed by atoms with Gasteiger partial charge in [0.05, 0.1) is 5.02 Å². The van der Waals surface area contributed by atoms with Gasteiger partial charge in [0.25, 0.3) is 5.91 Å². The van der Waals surface area contributed by atoms with Gasteiger partial charge in [-0.1, -0.05) is 53.6 Å². The Labute approximate surface area is 149 Å². The number of hydrazone groups is 1. The number of thioether (sulfide) groups is 1. The van der Waals surface area contributed by atoms with Crippen LogP contribution in [-0.4, -0.2) is 26.1 Å². The number of aryl methyl sites for hydroxylation is 1. The van der Waals surface area contributed by atoms with Gasteiger partial charge in [-0.15, -0.1) is 5.10 Å². The largest absolute Gasteiger partial charge is 0.377 e. The van der Waals surface area contributed by atoms with Crippen LogP contribution in [0.15, 0.2) is 33.9 Å². The molecule has 2 aromatic rings. The monoisotopic (exact) mass is 364 g/mol. The summed E-state index contributed by atoms with van der Waals surface area (Å²) < 4.78 is 5.27. The third kappa shape index (κ3) is 2.67. The summed E-state index contributed by atoms with van der Waals surface area (Å²) in [5.41, 5.74) is 7.24. The summed E-state index contributed by atoms with van der Waals surface area (Å²) in [5, 5.41) is 10.5. The molecule has 2 heterocycles. The van der Waals surface area contributed by atoms with E-state index in [0.717, 1.165) is 0 Å². The van der Waals surface area contributed by atoms with Crippen molar-refractivity contribution < 1.29 is 9.32 Å². The molecule has 1 aliphatic rings. The van der Waals surface area contributed by atoms with E-state index < -0.39 is 4.87 Å². The lowest BCUT2D eigenvalue weighted by Gasteiger charge is -2.30. The second-order valence-electron chi connectivity index (χ2n) is 5.63. The normalized spacial score (nSPS) is 20.3. The lowest BCUT2D eigenvalue weighted by atomic mass is 10.0. The van der Waals surface area contributed by atoms with E-state index >= 15 is 0 Å². The predicted octanol–water partition coefficient (Wildman–Crippen LogP) is 3.85. The molecule has 0 aliphatic carbocycles. The van der Waals surface area contributed by atoms with Crippen molar-refractivity contribution in [3.05, 3.63) is 40.6 Å². The van der Waals surface area contributed by atoms with E-state index in [4.69, 9.17) is 21.9 Å². The van der Waals surface area contributed by atoms with E-state index in [2.05, 4.69) is 10.3 Å². The summed E-state index contributed by atoms with van der Waals surface area (Å²) in [5.74, 6) is 0.111. The number of aromatic nitrogens is 1. The Kier molecular flexibility index (Phi) is 4.31. The molecule has 1 atom stereocenters. The first-order chi connectivity index (χ1) is 11.4. The topological polar surface area (TPSA) is 84.7 Å². The number of amidine groups is 1. The van der Waals surface area contributed by atoms with Crippen LogP contribution in [0, 0.1) is 6.92 Å². The lowest BCUT2D eigenvalue weighted by Crippen LogP contribution is -2.41. The molecule has 0 radical (unpaired) electrons. The van der Waals surface area contributed by atoms with Gasteiger partial charge in [0, 0.05) is 5.56 Å². The van der Waals surface area contributed by atoms with E-state index in [9.17, 15) is 4.79 Å². The maximum absolute atomic E-state index is 13.2. The van der Waals surface area contributed by atoms with Crippen LogP contribution in [0.5, 0.6) is 0 Å². The maximum atomic E-state index is 13.2. The summed E-state index contributed by atoms with van der Waals surface area (Å²) in [4.78, 5) is 12.6. The van der Waals surface area contributed by atoms with Crippen molar-refractivity contribution in [1.29, 1.82) is 0 Å². The first kappa shape index (κ1) is 16.9. The molecule has 1 amide bonds. The van der Waals surface area contributed by atoms with Gasteiger partial charge in [-0.2, -0.15) is 0 Å². The van der Waals surface area contributed by atoms with Gasteiger partial charge in [0.2, 0.25) is 0 Å². The highest BCUT2D eigenvalue weighted by Crippen LogP contribution is 2.41. The predicted molar refractivity (Wildman–Crippen MR) is 95.8 cm³/mol. The molecule has 0 saturated heterocycles. The average molecular weight is 365 g/mol. The molecule has 6 nitrogen and oxygen atoms in total. The molecule has 8 heteroatoms. The highest BCUT2D eigenvalue weighted by Gasteiger charge is 2.43. The summed E-state index contributed by atoms with van der Waals surface area (Å²) in [6.07, 6.45) is 0.694. The first-order valence-electron chi connectivity index (χ1n) is 7.46. The van der Waals surface area contributed by atoms with Gasteiger partial charge in [-0.25, -0.2) is 5.01 Å². The summed E-state index contributed by atoms with van der Waals surface area (Å²) in [6.45, 7) is 5.61. The fourth-order valence-corrected chi connectivity index (χ4v) is 3.70. The summed E-state index contributed by atoms with van der Waals surface area (Å²) >= 11 is 7.62. The molecule has 0 saturated carbocycles. The van der Waals surface area contributed by atoms with Crippen molar-refractivity contribution in [2.45, 2.75) is 32.1 Å². The lowest BCUT2D eigenvalue weighted by molar-refractivity contribution is 0.0668. The summed E-state index contributed by atoms with van der Waals surface area (Å²) in [6, 6.07) is 7.19. The van der Waals surface area contributed by atoms with Crippen LogP contribution >= 0.6 is 23.4 Å². The molecule has 1 aromatic heterocycles. The van der Waals surface area contributed by atoms with Crippen molar-refractivity contribution in [2.24, 2.45) is 10.8 Å². The molecular formula is C16H17ClN4O2S. The van der Waals surface area contributed by atoms with Gasteiger partial charge >= 0.3 is 0 Å². The van der Waals surface area contributed by atoms with Crippen molar-refractivity contribution in [1.82, 2.24) is 10.2 Å². The van der Waals surface area contributed by atoms with Gasteiger partial charge in [0.15, 0.2) is 5.17 Å². The van der Waals surface area contributed by atoms with Crippen LogP contribution in [-0.2, 0) is 0 Å². The number of hydrogen-bond acceptors (Lipinski definition) is 6. The third-order valence-corrected chi connectivity index (χ3v) is 5.55. The van der Waals surface area contributed by atoms with Crippen molar-refractivity contribution in [2.75, 3.05) is 0 Å². The van der Waals surface area contributed by atoms with Crippen molar-refractivity contribution in [3.8, 4) is 11.3 Å². The molecule has 24 heavy (non-hydrogen) atoms. The molecular weight excluding hydrogens is 348 g/mol. The number of carbonyl (C=O) groups excluding carboxylic acids is 1. The molecule has 0 unspecified atom stereocenters. The SMILES string of the molecule is CC[C@]1(C)SC(N)=NN1C(=O)c1c(-c2ccccc2Cl)noc1C. The number of carbonyl (C=O) groups is 1. The smallest absolute Gasteiger partial charge is 0.281 e. The fraction of sp³-hybridized carbons (Fsp3) is 0.312. The second kappa shape index (κ2) is 6.14. The zero-order chi connectivity index (χ0) is 17.5. The Hall–Kier alpha value is -1.99. The number of nitrogens with zero attached hydrogens (tertiary/aromatic N) is 3. The van der Waals surface area contributed by atoms with Crippen molar-refractivity contribution in [3.63, 3.8) is 0 Å². The Morgan fingerprint density at radius 3 is 2.83 bits per heavy atom. The van der Waals surface area contributed by atoms with E-state index in [1.165, 1.54) is 16.8 Å². The Balaban J connectivity index is 2.09. The van der Waals surface area contributed by atoms with E-state index in [1.54, 1.807) is 19.1 Å². The highest BCUT2D eigenvalue weighted by molar-refractivity contribution is 8.15. The van der Waals surface area contributed by atoms with Crippen molar-refractivity contribution >= 4 is 34.4 Å². The molecule has 0 bridgehead atoms. The Morgan fingerprint density at radius 1 is 1.46 bits per heavy atom. The fourth-order valence-electron chi connectivity index (χ4n) is 2.54. The first-order valence-corrected chi connectivity index (χ1v) is 8.65. The molecule has 3 rings (SSSR count). The molecule has 126 valence electrons. The zero-order valence-corrected chi connectivity index (χ0v) is 15.1. The Morgan fingerprint density at radius 2 is 2.17 bits per heavy atom. The minimum atomic E-state index is -0.539. The van der Waals surface area contributed by atoms with E-state index in [1.807, 2.05) is 26.0 Å². The molecule has 0 spiro atoms. The number of hydrogen-bond donors (Lipinski definition) is 1.